The number of carbonyl (C=O) groups excluding carboxylic acids is 1. The molecule has 0 saturated carbocycles. The second kappa shape index (κ2) is 7.11. The molecular formula is C21H17N3O4. The lowest BCUT2D eigenvalue weighted by molar-refractivity contribution is 0.0526. The number of aryl methyl sites for hydroxylation is 1. The van der Waals surface area contributed by atoms with Gasteiger partial charge in [0.2, 0.25) is 5.95 Å². The first-order valence-electron chi connectivity index (χ1n) is 8.76. The number of phenols is 1. The summed E-state index contributed by atoms with van der Waals surface area (Å²) in [6.07, 6.45) is 4.58. The molecule has 4 aromatic rings. The molecule has 7 heteroatoms. The first-order chi connectivity index (χ1) is 13.6. The van der Waals surface area contributed by atoms with Crippen LogP contribution in [0.3, 0.4) is 0 Å². The number of aromatic nitrogens is 2. The number of carbonyl (C=O) groups is 1. The zero-order valence-electron chi connectivity index (χ0n) is 15.3. The molecule has 0 saturated heterocycles. The van der Waals surface area contributed by atoms with Crippen molar-refractivity contribution in [3.05, 3.63) is 59.6 Å². The van der Waals surface area contributed by atoms with Crippen molar-refractivity contribution in [1.82, 2.24) is 9.97 Å². The van der Waals surface area contributed by atoms with Crippen LogP contribution in [-0.4, -0.2) is 33.9 Å². The van der Waals surface area contributed by atoms with Crippen LogP contribution in [0.2, 0.25) is 0 Å². The van der Waals surface area contributed by atoms with Crippen LogP contribution in [-0.2, 0) is 4.74 Å². The van der Waals surface area contributed by atoms with Gasteiger partial charge in [-0.2, -0.15) is 0 Å². The van der Waals surface area contributed by atoms with Gasteiger partial charge in [0.15, 0.2) is 0 Å². The third kappa shape index (κ3) is 2.87. The molecule has 2 aromatic carbocycles. The smallest absolute Gasteiger partial charge is 0.342 e. The number of ether oxygens (including phenoxy) is 1. The van der Waals surface area contributed by atoms with Crippen LogP contribution >= 0.6 is 0 Å². The number of furan rings is 1. The summed E-state index contributed by atoms with van der Waals surface area (Å²) < 4.78 is 11.1. The molecule has 2 aromatic heterocycles. The number of aromatic hydroxyl groups is 1. The summed E-state index contributed by atoms with van der Waals surface area (Å²) >= 11 is 0. The van der Waals surface area contributed by atoms with Gasteiger partial charge in [-0.25, -0.2) is 19.8 Å². The largest absolute Gasteiger partial charge is 0.507 e. The minimum absolute atomic E-state index is 0.00544. The van der Waals surface area contributed by atoms with E-state index in [4.69, 9.17) is 9.15 Å². The number of hydrogen-bond donors (Lipinski definition) is 1. The van der Waals surface area contributed by atoms with Crippen molar-refractivity contribution in [2.24, 2.45) is 4.99 Å². The van der Waals surface area contributed by atoms with Gasteiger partial charge in [-0.1, -0.05) is 24.3 Å². The standard InChI is InChI=1S/C21H17N3O4/c1-3-27-20(26)16-12(2)28-19-14-8-5-4-7-13(14)18(25)15(17(16)19)11-24-21-22-9-6-10-23-21/h4-11,25H,3H2,1-2H3/b24-11+. The average molecular weight is 375 g/mol. The molecule has 0 aliphatic rings. The van der Waals surface area contributed by atoms with Gasteiger partial charge in [0, 0.05) is 40.3 Å². The molecule has 0 fully saturated rings. The summed E-state index contributed by atoms with van der Waals surface area (Å²) in [6, 6.07) is 8.95. The lowest BCUT2D eigenvalue weighted by Crippen LogP contribution is -2.06. The number of rotatable bonds is 4. The maximum Gasteiger partial charge on any atom is 0.342 e. The number of phenolic OH excluding ortho intramolecular Hbond substituents is 1. The second-order valence-corrected chi connectivity index (χ2v) is 6.07. The van der Waals surface area contributed by atoms with E-state index < -0.39 is 5.97 Å². The van der Waals surface area contributed by atoms with Crippen LogP contribution in [0.4, 0.5) is 5.95 Å². The summed E-state index contributed by atoms with van der Waals surface area (Å²) in [7, 11) is 0. The van der Waals surface area contributed by atoms with E-state index in [1.807, 2.05) is 18.2 Å². The summed E-state index contributed by atoms with van der Waals surface area (Å²) in [5.74, 6) is 0.129. The van der Waals surface area contributed by atoms with Gasteiger partial charge in [0.25, 0.3) is 0 Å². The molecule has 0 unspecified atom stereocenters. The Bertz CT molecular complexity index is 1210. The number of nitrogens with zero attached hydrogens (tertiary/aromatic N) is 3. The summed E-state index contributed by atoms with van der Waals surface area (Å²) in [5.41, 5.74) is 1.11. The van der Waals surface area contributed by atoms with E-state index in [0.717, 1.165) is 0 Å². The number of esters is 1. The molecule has 4 rings (SSSR count). The molecule has 1 N–H and O–H groups in total. The van der Waals surface area contributed by atoms with Gasteiger partial charge in [0.1, 0.15) is 22.7 Å². The molecule has 0 atom stereocenters. The number of aliphatic imine (C=N–C) groups is 1. The van der Waals surface area contributed by atoms with E-state index in [1.54, 1.807) is 38.4 Å². The van der Waals surface area contributed by atoms with Crippen LogP contribution in [0.25, 0.3) is 21.7 Å². The van der Waals surface area contributed by atoms with Gasteiger partial charge < -0.3 is 14.3 Å². The molecule has 7 nitrogen and oxygen atoms in total. The maximum absolute atomic E-state index is 12.6. The maximum atomic E-state index is 12.6. The van der Waals surface area contributed by atoms with Gasteiger partial charge in [-0.15, -0.1) is 0 Å². The van der Waals surface area contributed by atoms with Gasteiger partial charge in [-0.05, 0) is 19.9 Å². The van der Waals surface area contributed by atoms with Crippen LogP contribution in [0.15, 0.2) is 52.1 Å². The highest BCUT2D eigenvalue weighted by molar-refractivity contribution is 6.21. The van der Waals surface area contributed by atoms with Gasteiger partial charge in [0.05, 0.1) is 6.61 Å². The summed E-state index contributed by atoms with van der Waals surface area (Å²) in [5, 5.41) is 12.7. The van der Waals surface area contributed by atoms with Crippen molar-refractivity contribution in [2.75, 3.05) is 6.61 Å². The summed E-state index contributed by atoms with van der Waals surface area (Å²) in [6.45, 7) is 3.66. The number of hydrogen-bond acceptors (Lipinski definition) is 7. The third-order valence-corrected chi connectivity index (χ3v) is 4.38. The first kappa shape index (κ1) is 17.7. The quantitative estimate of drug-likeness (QED) is 0.421. The Morgan fingerprint density at radius 1 is 1.21 bits per heavy atom. The van der Waals surface area contributed by atoms with Crippen LogP contribution in [0, 0.1) is 6.92 Å². The molecule has 0 aliphatic heterocycles. The lowest BCUT2D eigenvalue weighted by atomic mass is 9.98. The summed E-state index contributed by atoms with van der Waals surface area (Å²) in [4.78, 5) is 24.9. The predicted octanol–water partition coefficient (Wildman–Crippen LogP) is 4.32. The van der Waals surface area contributed by atoms with E-state index in [0.29, 0.717) is 33.1 Å². The Balaban J connectivity index is 2.06. The number of fused-ring (bicyclic) bond motifs is 3. The van der Waals surface area contributed by atoms with Crippen molar-refractivity contribution in [1.29, 1.82) is 0 Å². The van der Waals surface area contributed by atoms with Crippen molar-refractivity contribution >= 4 is 39.9 Å². The molecule has 140 valence electrons. The van der Waals surface area contributed by atoms with Gasteiger partial charge in [-0.3, -0.25) is 0 Å². The van der Waals surface area contributed by atoms with E-state index >= 15 is 0 Å². The molecule has 0 bridgehead atoms. The van der Waals surface area contributed by atoms with E-state index in [-0.39, 0.29) is 23.9 Å². The topological polar surface area (TPSA) is 97.8 Å². The monoisotopic (exact) mass is 375 g/mol. The Morgan fingerprint density at radius 2 is 1.93 bits per heavy atom. The van der Waals surface area contributed by atoms with E-state index in [2.05, 4.69) is 15.0 Å². The lowest BCUT2D eigenvalue weighted by Gasteiger charge is -2.08. The van der Waals surface area contributed by atoms with E-state index in [9.17, 15) is 9.90 Å². The second-order valence-electron chi connectivity index (χ2n) is 6.07. The fourth-order valence-electron chi connectivity index (χ4n) is 3.20. The van der Waals surface area contributed by atoms with Crippen LogP contribution < -0.4 is 0 Å². The first-order valence-corrected chi connectivity index (χ1v) is 8.76. The van der Waals surface area contributed by atoms with E-state index in [1.165, 1.54) is 6.21 Å². The number of benzene rings is 2. The minimum Gasteiger partial charge on any atom is -0.507 e. The highest BCUT2D eigenvalue weighted by Gasteiger charge is 2.25. The fourth-order valence-corrected chi connectivity index (χ4v) is 3.20. The zero-order chi connectivity index (χ0) is 19.7. The zero-order valence-corrected chi connectivity index (χ0v) is 15.3. The molecular weight excluding hydrogens is 358 g/mol. The molecule has 28 heavy (non-hydrogen) atoms. The SMILES string of the molecule is CCOC(=O)c1c(C)oc2c1c(/C=N/c1ncccn1)c(O)c1ccccc12. The molecule has 0 amide bonds. The minimum atomic E-state index is -0.515. The van der Waals surface area contributed by atoms with Crippen molar-refractivity contribution in [3.8, 4) is 5.75 Å². The van der Waals surface area contributed by atoms with Crippen molar-refractivity contribution < 1.29 is 19.1 Å². The third-order valence-electron chi connectivity index (χ3n) is 4.38. The molecule has 0 radical (unpaired) electrons. The fraction of sp³-hybridized carbons (Fsp3) is 0.143. The van der Waals surface area contributed by atoms with Crippen molar-refractivity contribution in [2.45, 2.75) is 13.8 Å². The average Bonchev–Trinajstić information content (AvgIpc) is 3.06. The van der Waals surface area contributed by atoms with Crippen LogP contribution in [0.5, 0.6) is 5.75 Å². The highest BCUT2D eigenvalue weighted by atomic mass is 16.5. The normalized spacial score (nSPS) is 11.5. The molecule has 0 aliphatic carbocycles. The molecule has 2 heterocycles. The Labute approximate surface area is 160 Å². The highest BCUT2D eigenvalue weighted by Crippen LogP contribution is 2.40. The Morgan fingerprint density at radius 3 is 2.64 bits per heavy atom. The van der Waals surface area contributed by atoms with Gasteiger partial charge >= 0.3 is 5.97 Å². The van der Waals surface area contributed by atoms with Crippen molar-refractivity contribution in [3.63, 3.8) is 0 Å². The van der Waals surface area contributed by atoms with Crippen LogP contribution in [0.1, 0.15) is 28.6 Å². The Kier molecular flexibility index (Phi) is 4.49. The molecule has 0 spiro atoms. The Hall–Kier alpha value is -3.74. The predicted molar refractivity (Wildman–Crippen MR) is 105 cm³/mol.